The zero-order valence-corrected chi connectivity index (χ0v) is 18.1. The molecule has 3 aromatic carbocycles. The molecule has 3 aromatic rings. The first-order chi connectivity index (χ1) is 15.6. The molecule has 0 saturated carbocycles. The quantitative estimate of drug-likeness (QED) is 0.294. The van der Waals surface area contributed by atoms with Gasteiger partial charge in [-0.2, -0.15) is 0 Å². The normalized spacial score (nSPS) is 10.2. The maximum atomic E-state index is 13.0. The fraction of sp³-hybridized carbons (Fsp3) is 0.0800. The molecule has 3 rings (SSSR count). The molecule has 0 radical (unpaired) electrons. The number of carbonyl (C=O) groups is 2. The van der Waals surface area contributed by atoms with E-state index in [1.165, 1.54) is 0 Å². The summed E-state index contributed by atoms with van der Waals surface area (Å²) in [6.07, 6.45) is 1.64. The molecule has 6 nitrogen and oxygen atoms in total. The van der Waals surface area contributed by atoms with E-state index in [-0.39, 0.29) is 11.0 Å². The molecule has 0 aliphatic carbocycles. The fourth-order valence-electron chi connectivity index (χ4n) is 3.04. The molecule has 0 aliphatic heterocycles. The predicted molar refractivity (Wildman–Crippen MR) is 128 cm³/mol. The van der Waals surface area contributed by atoms with Crippen LogP contribution in [0.4, 0.5) is 0 Å². The number of hydrazine groups is 1. The van der Waals surface area contributed by atoms with Crippen LogP contribution < -0.4 is 20.9 Å². The molecule has 7 heteroatoms. The Bertz CT molecular complexity index is 1030. The van der Waals surface area contributed by atoms with Crippen molar-refractivity contribution >= 4 is 29.1 Å². The summed E-state index contributed by atoms with van der Waals surface area (Å²) in [6, 6.07) is 25.5. The number of carbonyl (C=O) groups excluding carboxylic acids is 2. The smallest absolute Gasteiger partial charge is 0.269 e. The van der Waals surface area contributed by atoms with Crippen molar-refractivity contribution in [2.45, 2.75) is 5.92 Å². The first kappa shape index (κ1) is 22.7. The van der Waals surface area contributed by atoms with Gasteiger partial charge in [0.2, 0.25) is 5.91 Å². The topological polar surface area (TPSA) is 79.5 Å². The van der Waals surface area contributed by atoms with Gasteiger partial charge >= 0.3 is 0 Å². The minimum atomic E-state index is -0.545. The Labute approximate surface area is 192 Å². The van der Waals surface area contributed by atoms with Crippen molar-refractivity contribution in [3.63, 3.8) is 0 Å². The monoisotopic (exact) mass is 445 g/mol. The van der Waals surface area contributed by atoms with Gasteiger partial charge in [-0.15, -0.1) is 0 Å². The van der Waals surface area contributed by atoms with Crippen molar-refractivity contribution in [1.82, 2.24) is 16.2 Å². The van der Waals surface area contributed by atoms with Crippen LogP contribution in [-0.4, -0.2) is 23.5 Å². The van der Waals surface area contributed by atoms with Crippen molar-refractivity contribution in [1.29, 1.82) is 0 Å². The summed E-state index contributed by atoms with van der Waals surface area (Å²) in [5.74, 6) is -0.626. The highest BCUT2D eigenvalue weighted by Crippen LogP contribution is 2.24. The molecule has 0 spiro atoms. The molecular weight excluding hydrogens is 422 g/mol. The highest BCUT2D eigenvalue weighted by molar-refractivity contribution is 7.80. The van der Waals surface area contributed by atoms with Gasteiger partial charge in [-0.25, -0.2) is 0 Å². The summed E-state index contributed by atoms with van der Waals surface area (Å²) < 4.78 is 5.39. The average molecular weight is 446 g/mol. The summed E-state index contributed by atoms with van der Waals surface area (Å²) in [7, 11) is 0. The number of amides is 2. The third-order valence-electron chi connectivity index (χ3n) is 4.54. The molecular formula is C25H23N3O3S. The van der Waals surface area contributed by atoms with Crippen LogP contribution in [0.3, 0.4) is 0 Å². The lowest BCUT2D eigenvalue weighted by Crippen LogP contribution is -2.49. The molecule has 0 atom stereocenters. The number of hydrogen-bond donors (Lipinski definition) is 3. The first-order valence-electron chi connectivity index (χ1n) is 9.93. The van der Waals surface area contributed by atoms with E-state index in [9.17, 15) is 9.59 Å². The zero-order chi connectivity index (χ0) is 22.8. The van der Waals surface area contributed by atoms with Crippen molar-refractivity contribution < 1.29 is 14.3 Å². The maximum absolute atomic E-state index is 13.0. The van der Waals surface area contributed by atoms with Crippen LogP contribution in [0, 0.1) is 0 Å². The van der Waals surface area contributed by atoms with Gasteiger partial charge in [0.15, 0.2) is 5.11 Å². The largest absolute Gasteiger partial charge is 0.490 e. The second-order valence-corrected chi connectivity index (χ2v) is 7.18. The van der Waals surface area contributed by atoms with Crippen LogP contribution in [0.15, 0.2) is 97.6 Å². The van der Waals surface area contributed by atoms with Gasteiger partial charge in [-0.05, 0) is 47.6 Å². The van der Waals surface area contributed by atoms with Crippen molar-refractivity contribution in [2.24, 2.45) is 0 Å². The van der Waals surface area contributed by atoms with Gasteiger partial charge in [0, 0.05) is 5.56 Å². The molecule has 0 bridgehead atoms. The van der Waals surface area contributed by atoms with Gasteiger partial charge in [0.25, 0.3) is 5.91 Å². The highest BCUT2D eigenvalue weighted by atomic mass is 32.1. The summed E-state index contributed by atoms with van der Waals surface area (Å²) in [6.45, 7) is 3.97. The number of rotatable bonds is 7. The lowest BCUT2D eigenvalue weighted by Gasteiger charge is -2.19. The van der Waals surface area contributed by atoms with Crippen LogP contribution in [0.1, 0.15) is 27.4 Å². The predicted octanol–water partition coefficient (Wildman–Crippen LogP) is 3.72. The Morgan fingerprint density at radius 1 is 0.875 bits per heavy atom. The van der Waals surface area contributed by atoms with Crippen molar-refractivity contribution in [3.8, 4) is 5.75 Å². The van der Waals surface area contributed by atoms with Crippen molar-refractivity contribution in [3.05, 3.63) is 114 Å². The molecule has 32 heavy (non-hydrogen) atoms. The third-order valence-corrected chi connectivity index (χ3v) is 4.74. The van der Waals surface area contributed by atoms with E-state index in [4.69, 9.17) is 17.0 Å². The number of ether oxygens (including phenoxy) is 1. The zero-order valence-electron chi connectivity index (χ0n) is 17.3. The fourth-order valence-corrected chi connectivity index (χ4v) is 3.20. The molecule has 0 saturated heterocycles. The Morgan fingerprint density at radius 2 is 1.44 bits per heavy atom. The SMILES string of the molecule is C=CCOc1ccc(C(=O)NNC(=S)NC(=O)C(c2ccccc2)c2ccccc2)cc1. The maximum Gasteiger partial charge on any atom is 0.269 e. The molecule has 2 amide bonds. The Morgan fingerprint density at radius 3 is 1.97 bits per heavy atom. The minimum Gasteiger partial charge on any atom is -0.490 e. The number of benzene rings is 3. The Balaban J connectivity index is 1.60. The second-order valence-electron chi connectivity index (χ2n) is 6.78. The first-order valence-corrected chi connectivity index (χ1v) is 10.3. The number of nitrogens with one attached hydrogen (secondary N) is 3. The lowest BCUT2D eigenvalue weighted by molar-refractivity contribution is -0.120. The van der Waals surface area contributed by atoms with Crippen LogP contribution in [0.2, 0.25) is 0 Å². The van der Waals surface area contributed by atoms with E-state index in [0.717, 1.165) is 11.1 Å². The molecule has 162 valence electrons. The van der Waals surface area contributed by atoms with Gasteiger partial charge in [0.1, 0.15) is 12.4 Å². The average Bonchev–Trinajstić information content (AvgIpc) is 2.83. The van der Waals surface area contributed by atoms with Crippen molar-refractivity contribution in [2.75, 3.05) is 6.61 Å². The van der Waals surface area contributed by atoms with Crippen LogP contribution in [0.5, 0.6) is 5.75 Å². The van der Waals surface area contributed by atoms with E-state index >= 15 is 0 Å². The summed E-state index contributed by atoms with van der Waals surface area (Å²) in [5, 5.41) is 2.65. The number of thiocarbonyl (C=S) groups is 1. The molecule has 0 unspecified atom stereocenters. The summed E-state index contributed by atoms with van der Waals surface area (Å²) in [5.41, 5.74) is 7.13. The standard InChI is InChI=1S/C25H23N3O3S/c1-2-17-31-21-15-13-20(14-16-21)23(29)27-28-25(32)26-24(30)22(18-9-5-3-6-10-18)19-11-7-4-8-12-19/h2-16,22H,1,17H2,(H,27,29)(H2,26,28,30,32). The van der Waals surface area contributed by atoms with Gasteiger partial charge in [-0.1, -0.05) is 73.3 Å². The van der Waals surface area contributed by atoms with Crippen LogP contribution in [0.25, 0.3) is 0 Å². The van der Waals surface area contributed by atoms with Crippen LogP contribution in [-0.2, 0) is 4.79 Å². The molecule has 3 N–H and O–H groups in total. The summed E-state index contributed by atoms with van der Waals surface area (Å²) in [4.78, 5) is 25.4. The van der Waals surface area contributed by atoms with Gasteiger partial charge < -0.3 is 10.1 Å². The molecule has 0 aliphatic rings. The molecule has 0 aromatic heterocycles. The minimum absolute atomic E-state index is 0.00820. The Kier molecular flexibility index (Phi) is 8.11. The van der Waals surface area contributed by atoms with E-state index in [1.54, 1.807) is 30.3 Å². The van der Waals surface area contributed by atoms with Gasteiger partial charge in [-0.3, -0.25) is 20.4 Å². The van der Waals surface area contributed by atoms with E-state index in [1.807, 2.05) is 60.7 Å². The van der Waals surface area contributed by atoms with Crippen LogP contribution >= 0.6 is 12.2 Å². The van der Waals surface area contributed by atoms with E-state index < -0.39 is 11.8 Å². The molecule has 0 fully saturated rings. The molecule has 0 heterocycles. The Hall–Kier alpha value is -3.97. The number of hydrogen-bond acceptors (Lipinski definition) is 4. The van der Waals surface area contributed by atoms with E-state index in [0.29, 0.717) is 17.9 Å². The van der Waals surface area contributed by atoms with Gasteiger partial charge in [0.05, 0.1) is 5.92 Å². The van der Waals surface area contributed by atoms with E-state index in [2.05, 4.69) is 22.7 Å². The highest BCUT2D eigenvalue weighted by Gasteiger charge is 2.23. The third kappa shape index (κ3) is 6.26. The summed E-state index contributed by atoms with van der Waals surface area (Å²) >= 11 is 5.20. The lowest BCUT2D eigenvalue weighted by atomic mass is 9.90. The second kappa shape index (κ2) is 11.4.